The standard InChI is InChI=1S/C24H30N8O2S/c1-34-9-8-32-13-17(12-25-32)20-10-19-22(35-20)23(27-21-11-18(29-30-21)16-2-3-16)28-24(26-19)31-6-4-15(14-33)5-7-31/h10-13,15-16,33H,2-9,14H2,1H3,(H2,26,27,28,29,30). The normalized spacial score (nSPS) is 16.9. The molecule has 0 unspecified atom stereocenters. The molecule has 0 aromatic carbocycles. The SMILES string of the molecule is COCCn1cc(-c2cc3nc(N4CCC(CO)CC4)nc(Nc4cc(C5CC5)[nH]n4)c3s2)cn1. The molecule has 10 nitrogen and oxygen atoms in total. The molecular formula is C24H30N8O2S. The number of aromatic nitrogens is 6. The van der Waals surface area contributed by atoms with Crippen molar-refractivity contribution in [1.29, 1.82) is 0 Å². The van der Waals surface area contributed by atoms with Gasteiger partial charge in [0, 0.05) is 61.1 Å². The van der Waals surface area contributed by atoms with E-state index in [-0.39, 0.29) is 6.61 Å². The van der Waals surface area contributed by atoms with Gasteiger partial charge < -0.3 is 20.1 Å². The van der Waals surface area contributed by atoms with Crippen LogP contribution in [-0.4, -0.2) is 68.5 Å². The molecule has 1 aliphatic carbocycles. The average molecular weight is 495 g/mol. The maximum atomic E-state index is 9.52. The molecule has 0 bridgehead atoms. The van der Waals surface area contributed by atoms with Crippen LogP contribution in [0.4, 0.5) is 17.6 Å². The predicted octanol–water partition coefficient (Wildman–Crippen LogP) is 3.75. The van der Waals surface area contributed by atoms with Crippen LogP contribution in [0.1, 0.15) is 37.3 Å². The Balaban J connectivity index is 1.34. The molecule has 2 fully saturated rings. The summed E-state index contributed by atoms with van der Waals surface area (Å²) in [5, 5.41) is 25.1. The second-order valence-electron chi connectivity index (χ2n) is 9.40. The first-order valence-electron chi connectivity index (χ1n) is 12.2. The summed E-state index contributed by atoms with van der Waals surface area (Å²) in [6, 6.07) is 4.21. The summed E-state index contributed by atoms with van der Waals surface area (Å²) < 4.78 is 8.07. The maximum Gasteiger partial charge on any atom is 0.227 e. The fourth-order valence-corrected chi connectivity index (χ4v) is 5.54. The molecule has 0 amide bonds. The van der Waals surface area contributed by atoms with Gasteiger partial charge in [-0.15, -0.1) is 11.3 Å². The molecule has 0 radical (unpaired) electrons. The van der Waals surface area contributed by atoms with Gasteiger partial charge in [-0.3, -0.25) is 9.78 Å². The zero-order valence-electron chi connectivity index (χ0n) is 19.8. The summed E-state index contributed by atoms with van der Waals surface area (Å²) >= 11 is 1.66. The minimum atomic E-state index is 0.245. The molecular weight excluding hydrogens is 464 g/mol. The van der Waals surface area contributed by atoms with Crippen LogP contribution in [0.25, 0.3) is 20.7 Å². The Hall–Kier alpha value is -3.02. The number of aromatic amines is 1. The van der Waals surface area contributed by atoms with Crippen LogP contribution < -0.4 is 10.2 Å². The third-order valence-corrected chi connectivity index (χ3v) is 8.00. The van der Waals surface area contributed by atoms with Crippen molar-refractivity contribution in [3.05, 3.63) is 30.2 Å². The lowest BCUT2D eigenvalue weighted by molar-refractivity contribution is 0.183. The molecule has 1 saturated heterocycles. The monoisotopic (exact) mass is 494 g/mol. The lowest BCUT2D eigenvalue weighted by Gasteiger charge is -2.31. The van der Waals surface area contributed by atoms with Gasteiger partial charge in [0.15, 0.2) is 11.6 Å². The molecule has 11 heteroatoms. The molecule has 35 heavy (non-hydrogen) atoms. The average Bonchev–Trinajstić information content (AvgIpc) is 3.26. The van der Waals surface area contributed by atoms with E-state index in [1.807, 2.05) is 17.1 Å². The Morgan fingerprint density at radius 2 is 2.06 bits per heavy atom. The Bertz CT molecular complexity index is 1300. The zero-order valence-corrected chi connectivity index (χ0v) is 20.6. The summed E-state index contributed by atoms with van der Waals surface area (Å²) in [5.74, 6) is 3.23. The van der Waals surface area contributed by atoms with Crippen LogP contribution >= 0.6 is 11.3 Å². The lowest BCUT2D eigenvalue weighted by Crippen LogP contribution is -2.35. The first kappa shape index (κ1) is 22.4. The van der Waals surface area contributed by atoms with Crippen molar-refractivity contribution in [2.75, 3.05) is 43.6 Å². The third kappa shape index (κ3) is 4.75. The fraction of sp³-hybridized carbons (Fsp3) is 0.500. The van der Waals surface area contributed by atoms with Crippen LogP contribution in [0.5, 0.6) is 0 Å². The first-order valence-corrected chi connectivity index (χ1v) is 13.0. The summed E-state index contributed by atoms with van der Waals surface area (Å²) in [7, 11) is 1.69. The molecule has 4 aromatic rings. The van der Waals surface area contributed by atoms with E-state index in [1.54, 1.807) is 18.4 Å². The van der Waals surface area contributed by atoms with Crippen molar-refractivity contribution in [3.8, 4) is 10.4 Å². The van der Waals surface area contributed by atoms with Gasteiger partial charge in [0.1, 0.15) is 0 Å². The first-order chi connectivity index (χ1) is 17.2. The second kappa shape index (κ2) is 9.56. The van der Waals surface area contributed by atoms with Gasteiger partial charge in [-0.2, -0.15) is 15.2 Å². The topological polar surface area (TPSA) is 117 Å². The van der Waals surface area contributed by atoms with Crippen LogP contribution in [0.15, 0.2) is 24.5 Å². The predicted molar refractivity (Wildman–Crippen MR) is 136 cm³/mol. The number of methoxy groups -OCH3 is 1. The summed E-state index contributed by atoms with van der Waals surface area (Å²) in [6.07, 6.45) is 8.26. The summed E-state index contributed by atoms with van der Waals surface area (Å²) in [5.41, 5.74) is 3.14. The largest absolute Gasteiger partial charge is 0.396 e. The van der Waals surface area contributed by atoms with E-state index in [2.05, 4.69) is 37.6 Å². The zero-order chi connectivity index (χ0) is 23.8. The number of rotatable bonds is 9. The lowest BCUT2D eigenvalue weighted by atomic mass is 9.98. The highest BCUT2D eigenvalue weighted by Gasteiger charge is 2.26. The second-order valence-corrected chi connectivity index (χ2v) is 10.5. The number of anilines is 3. The van der Waals surface area contributed by atoms with Crippen molar-refractivity contribution >= 4 is 39.1 Å². The minimum absolute atomic E-state index is 0.245. The van der Waals surface area contributed by atoms with E-state index < -0.39 is 0 Å². The molecule has 0 spiro atoms. The van der Waals surface area contributed by atoms with E-state index in [0.717, 1.165) is 64.2 Å². The quantitative estimate of drug-likeness (QED) is 0.322. The highest BCUT2D eigenvalue weighted by molar-refractivity contribution is 7.22. The van der Waals surface area contributed by atoms with Crippen LogP contribution in [0, 0.1) is 5.92 Å². The Kier molecular flexibility index (Phi) is 6.13. The van der Waals surface area contributed by atoms with Crippen molar-refractivity contribution in [2.45, 2.75) is 38.1 Å². The number of fused-ring (bicyclic) bond motifs is 1. The molecule has 5 heterocycles. The van der Waals surface area contributed by atoms with Gasteiger partial charge in [-0.25, -0.2) is 4.98 Å². The van der Waals surface area contributed by atoms with Gasteiger partial charge >= 0.3 is 0 Å². The van der Waals surface area contributed by atoms with E-state index in [9.17, 15) is 5.11 Å². The summed E-state index contributed by atoms with van der Waals surface area (Å²) in [4.78, 5) is 13.2. The number of H-pyrrole nitrogens is 1. The maximum absolute atomic E-state index is 9.52. The number of aliphatic hydroxyl groups is 1. The van der Waals surface area contributed by atoms with Gasteiger partial charge in [0.05, 0.1) is 29.6 Å². The van der Waals surface area contributed by atoms with E-state index in [1.165, 1.54) is 18.5 Å². The number of nitrogens with zero attached hydrogens (tertiary/aromatic N) is 6. The smallest absolute Gasteiger partial charge is 0.227 e. The third-order valence-electron chi connectivity index (χ3n) is 6.82. The number of hydrogen-bond acceptors (Lipinski definition) is 9. The Morgan fingerprint density at radius 1 is 1.20 bits per heavy atom. The van der Waals surface area contributed by atoms with Gasteiger partial charge in [-0.1, -0.05) is 0 Å². The molecule has 0 atom stereocenters. The van der Waals surface area contributed by atoms with Crippen molar-refractivity contribution in [2.24, 2.45) is 5.92 Å². The van der Waals surface area contributed by atoms with Gasteiger partial charge in [0.25, 0.3) is 0 Å². The highest BCUT2D eigenvalue weighted by atomic mass is 32.1. The van der Waals surface area contributed by atoms with Crippen molar-refractivity contribution < 1.29 is 9.84 Å². The molecule has 6 rings (SSSR count). The van der Waals surface area contributed by atoms with Gasteiger partial charge in [-0.05, 0) is 37.7 Å². The van der Waals surface area contributed by atoms with E-state index in [0.29, 0.717) is 25.0 Å². The number of piperidine rings is 1. The molecule has 3 N–H and O–H groups in total. The van der Waals surface area contributed by atoms with Crippen molar-refractivity contribution in [3.63, 3.8) is 0 Å². The molecule has 1 aliphatic heterocycles. The van der Waals surface area contributed by atoms with Crippen molar-refractivity contribution in [1.82, 2.24) is 29.9 Å². The fourth-order valence-electron chi connectivity index (χ4n) is 4.52. The number of hydrogen-bond donors (Lipinski definition) is 3. The summed E-state index contributed by atoms with van der Waals surface area (Å²) in [6.45, 7) is 3.26. The number of aliphatic hydroxyl groups excluding tert-OH is 1. The number of ether oxygens (including phenoxy) is 1. The molecule has 1 saturated carbocycles. The van der Waals surface area contributed by atoms with Crippen LogP contribution in [0.2, 0.25) is 0 Å². The molecule has 2 aliphatic rings. The molecule has 184 valence electrons. The minimum Gasteiger partial charge on any atom is -0.396 e. The van der Waals surface area contributed by atoms with Gasteiger partial charge in [0.2, 0.25) is 5.95 Å². The van der Waals surface area contributed by atoms with E-state index >= 15 is 0 Å². The molecule has 4 aromatic heterocycles. The Labute approximate surface area is 207 Å². The van der Waals surface area contributed by atoms with Crippen LogP contribution in [-0.2, 0) is 11.3 Å². The number of nitrogens with one attached hydrogen (secondary N) is 2. The van der Waals surface area contributed by atoms with E-state index in [4.69, 9.17) is 14.7 Å². The Morgan fingerprint density at radius 3 is 2.83 bits per heavy atom. The number of thiophene rings is 1. The highest BCUT2D eigenvalue weighted by Crippen LogP contribution is 2.41. The van der Waals surface area contributed by atoms with Crippen LogP contribution in [0.3, 0.4) is 0 Å².